The predicted octanol–water partition coefficient (Wildman–Crippen LogP) is 4.05. The summed E-state index contributed by atoms with van der Waals surface area (Å²) in [6.45, 7) is 5.27. The number of nitrogens with one attached hydrogen (secondary N) is 1. The molecule has 0 aliphatic heterocycles. The fourth-order valence-corrected chi connectivity index (χ4v) is 2.47. The molecule has 0 heterocycles. The van der Waals surface area contributed by atoms with Crippen LogP contribution in [-0.2, 0) is 4.79 Å². The molecule has 1 atom stereocenters. The van der Waals surface area contributed by atoms with Gasteiger partial charge in [-0.3, -0.25) is 4.79 Å². The van der Waals surface area contributed by atoms with Crippen molar-refractivity contribution in [3.63, 3.8) is 0 Å². The third kappa shape index (κ3) is 4.17. The van der Waals surface area contributed by atoms with E-state index in [1.165, 1.54) is 11.1 Å². The molecule has 0 aromatic heterocycles. The van der Waals surface area contributed by atoms with E-state index in [1.54, 1.807) is 6.08 Å². The lowest BCUT2D eigenvalue weighted by Gasteiger charge is -2.12. The second-order valence-corrected chi connectivity index (χ2v) is 5.32. The molecule has 1 aliphatic carbocycles. The number of hydrogen-bond acceptors (Lipinski definition) is 2. The molecule has 1 unspecified atom stereocenters. The van der Waals surface area contributed by atoms with Gasteiger partial charge in [0, 0.05) is 12.5 Å². The highest BCUT2D eigenvalue weighted by Crippen LogP contribution is 2.18. The van der Waals surface area contributed by atoms with E-state index in [2.05, 4.69) is 55.6 Å². The summed E-state index contributed by atoms with van der Waals surface area (Å²) in [7, 11) is 0. The SMILES string of the molecule is CCNC(C)c1ccc(C=CC2=CC(=O)CCC2)cc1. The monoisotopic (exact) mass is 269 g/mol. The van der Waals surface area contributed by atoms with Crippen molar-refractivity contribution >= 4 is 11.9 Å². The van der Waals surface area contributed by atoms with Crippen molar-refractivity contribution in [1.29, 1.82) is 0 Å². The standard InChI is InChI=1S/C18H23NO/c1-3-19-14(2)17-11-9-15(10-12-17)7-8-16-5-4-6-18(20)13-16/h7-14,19H,3-6H2,1-2H3. The third-order valence-corrected chi connectivity index (χ3v) is 3.67. The molecule has 0 fully saturated rings. The lowest BCUT2D eigenvalue weighted by molar-refractivity contribution is -0.115. The molecular formula is C18H23NO. The first-order valence-electron chi connectivity index (χ1n) is 7.44. The molecule has 2 nitrogen and oxygen atoms in total. The summed E-state index contributed by atoms with van der Waals surface area (Å²) in [5.41, 5.74) is 3.62. The molecule has 0 amide bonds. The van der Waals surface area contributed by atoms with Crippen molar-refractivity contribution in [2.24, 2.45) is 0 Å². The Labute approximate surface area is 121 Å². The van der Waals surface area contributed by atoms with Gasteiger partial charge in [-0.2, -0.15) is 0 Å². The fraction of sp³-hybridized carbons (Fsp3) is 0.389. The van der Waals surface area contributed by atoms with Gasteiger partial charge >= 0.3 is 0 Å². The van der Waals surface area contributed by atoms with Crippen molar-refractivity contribution < 1.29 is 4.79 Å². The van der Waals surface area contributed by atoms with Crippen LogP contribution in [0.1, 0.15) is 50.3 Å². The molecule has 106 valence electrons. The van der Waals surface area contributed by atoms with Gasteiger partial charge in [-0.25, -0.2) is 0 Å². The molecule has 0 bridgehead atoms. The average molecular weight is 269 g/mol. The molecular weight excluding hydrogens is 246 g/mol. The molecule has 1 aromatic carbocycles. The van der Waals surface area contributed by atoms with Gasteiger partial charge < -0.3 is 5.32 Å². The smallest absolute Gasteiger partial charge is 0.155 e. The molecule has 1 N–H and O–H groups in total. The zero-order chi connectivity index (χ0) is 14.4. The number of benzene rings is 1. The van der Waals surface area contributed by atoms with Crippen molar-refractivity contribution in [1.82, 2.24) is 5.32 Å². The van der Waals surface area contributed by atoms with E-state index in [4.69, 9.17) is 0 Å². The van der Waals surface area contributed by atoms with Gasteiger partial charge in [0.1, 0.15) is 0 Å². The Kier molecular flexibility index (Phi) is 5.31. The van der Waals surface area contributed by atoms with Crippen LogP contribution in [0.15, 0.2) is 42.0 Å². The second kappa shape index (κ2) is 7.20. The predicted molar refractivity (Wildman–Crippen MR) is 84.5 cm³/mol. The Morgan fingerprint density at radius 1 is 1.20 bits per heavy atom. The Hall–Kier alpha value is -1.67. The molecule has 20 heavy (non-hydrogen) atoms. The van der Waals surface area contributed by atoms with Gasteiger partial charge in [0.15, 0.2) is 5.78 Å². The molecule has 0 radical (unpaired) electrons. The zero-order valence-corrected chi connectivity index (χ0v) is 12.4. The topological polar surface area (TPSA) is 29.1 Å². The maximum absolute atomic E-state index is 11.3. The molecule has 2 heteroatoms. The van der Waals surface area contributed by atoms with Gasteiger partial charge in [-0.15, -0.1) is 0 Å². The minimum atomic E-state index is 0.255. The summed E-state index contributed by atoms with van der Waals surface area (Å²) >= 11 is 0. The minimum Gasteiger partial charge on any atom is -0.310 e. The van der Waals surface area contributed by atoms with E-state index in [9.17, 15) is 4.79 Å². The van der Waals surface area contributed by atoms with E-state index in [0.717, 1.165) is 25.0 Å². The quantitative estimate of drug-likeness (QED) is 0.873. The lowest BCUT2D eigenvalue weighted by Crippen LogP contribution is -2.17. The molecule has 1 aromatic rings. The van der Waals surface area contributed by atoms with E-state index < -0.39 is 0 Å². The lowest BCUT2D eigenvalue weighted by atomic mass is 9.97. The number of allylic oxidation sites excluding steroid dienone is 3. The van der Waals surface area contributed by atoms with Crippen LogP contribution in [0.4, 0.5) is 0 Å². The molecule has 2 rings (SSSR count). The van der Waals surface area contributed by atoms with Crippen LogP contribution in [-0.4, -0.2) is 12.3 Å². The van der Waals surface area contributed by atoms with E-state index in [-0.39, 0.29) is 5.78 Å². The first kappa shape index (κ1) is 14.7. The largest absolute Gasteiger partial charge is 0.310 e. The number of carbonyl (C=O) groups excluding carboxylic acids is 1. The minimum absolute atomic E-state index is 0.255. The van der Waals surface area contributed by atoms with Gasteiger partial charge in [-0.1, -0.05) is 43.3 Å². The Morgan fingerprint density at radius 3 is 2.60 bits per heavy atom. The highest BCUT2D eigenvalue weighted by Gasteiger charge is 2.07. The number of hydrogen-bond donors (Lipinski definition) is 1. The van der Waals surface area contributed by atoms with E-state index in [0.29, 0.717) is 12.5 Å². The van der Waals surface area contributed by atoms with Gasteiger partial charge in [0.05, 0.1) is 0 Å². The van der Waals surface area contributed by atoms with Crippen LogP contribution < -0.4 is 5.32 Å². The molecule has 0 saturated heterocycles. The molecule has 0 saturated carbocycles. The van der Waals surface area contributed by atoms with Crippen molar-refractivity contribution in [2.75, 3.05) is 6.54 Å². The van der Waals surface area contributed by atoms with Gasteiger partial charge in [0.25, 0.3) is 0 Å². The fourth-order valence-electron chi connectivity index (χ4n) is 2.47. The first-order chi connectivity index (χ1) is 9.69. The summed E-state index contributed by atoms with van der Waals surface area (Å²) in [5.74, 6) is 0.255. The van der Waals surface area contributed by atoms with Crippen LogP contribution in [0.3, 0.4) is 0 Å². The first-order valence-corrected chi connectivity index (χ1v) is 7.44. The van der Waals surface area contributed by atoms with Crippen molar-refractivity contribution in [3.8, 4) is 0 Å². The molecule has 0 spiro atoms. The highest BCUT2D eigenvalue weighted by molar-refractivity contribution is 5.91. The Balaban J connectivity index is 2.01. The van der Waals surface area contributed by atoms with Gasteiger partial charge in [-0.05, 0) is 49.1 Å². The number of rotatable bonds is 5. The van der Waals surface area contributed by atoms with Gasteiger partial charge in [0.2, 0.25) is 0 Å². The summed E-state index contributed by atoms with van der Waals surface area (Å²) in [6, 6.07) is 8.97. The zero-order valence-electron chi connectivity index (χ0n) is 12.4. The molecule has 1 aliphatic rings. The van der Waals surface area contributed by atoms with Crippen molar-refractivity contribution in [3.05, 3.63) is 53.1 Å². The summed E-state index contributed by atoms with van der Waals surface area (Å²) in [6.07, 6.45) is 8.63. The van der Waals surface area contributed by atoms with E-state index in [1.807, 2.05) is 0 Å². The van der Waals surface area contributed by atoms with Crippen LogP contribution in [0.5, 0.6) is 0 Å². The van der Waals surface area contributed by atoms with Crippen LogP contribution in [0.2, 0.25) is 0 Å². The second-order valence-electron chi connectivity index (χ2n) is 5.32. The van der Waals surface area contributed by atoms with Crippen molar-refractivity contribution in [2.45, 2.75) is 39.2 Å². The summed E-state index contributed by atoms with van der Waals surface area (Å²) in [5, 5.41) is 3.41. The highest BCUT2D eigenvalue weighted by atomic mass is 16.1. The van der Waals surface area contributed by atoms with E-state index >= 15 is 0 Å². The summed E-state index contributed by atoms with van der Waals surface area (Å²) < 4.78 is 0. The Morgan fingerprint density at radius 2 is 1.95 bits per heavy atom. The average Bonchev–Trinajstić information content (AvgIpc) is 2.46. The van der Waals surface area contributed by atoms with Crippen LogP contribution in [0.25, 0.3) is 6.08 Å². The normalized spacial score (nSPS) is 17.3. The maximum atomic E-state index is 11.3. The number of carbonyl (C=O) groups is 1. The maximum Gasteiger partial charge on any atom is 0.155 e. The number of ketones is 1. The Bertz CT molecular complexity index is 511. The summed E-state index contributed by atoms with van der Waals surface area (Å²) in [4.78, 5) is 11.3. The van der Waals surface area contributed by atoms with Crippen LogP contribution >= 0.6 is 0 Å². The van der Waals surface area contributed by atoms with Crippen LogP contribution in [0, 0.1) is 0 Å². The third-order valence-electron chi connectivity index (χ3n) is 3.67.